The van der Waals surface area contributed by atoms with Crippen LogP contribution in [0, 0.1) is 0 Å². The number of rotatable bonds is 4. The van der Waals surface area contributed by atoms with Crippen molar-refractivity contribution in [3.05, 3.63) is 139 Å². The van der Waals surface area contributed by atoms with Crippen molar-refractivity contribution >= 4 is 70.3 Å². The van der Waals surface area contributed by atoms with E-state index in [0.29, 0.717) is 20.1 Å². The lowest BCUT2D eigenvalue weighted by Gasteiger charge is -2.03. The van der Waals surface area contributed by atoms with Gasteiger partial charge in [0.15, 0.2) is 0 Å². The monoisotopic (exact) mass is 620 g/mol. The second-order valence-electron chi connectivity index (χ2n) is 7.51. The standard InChI is InChI=1S/2C14H8Cl2O4/c2*15-11-5-1-9(2-6-11)13(17)19-20-14(18)10-3-7-12(16)8-4-10/h2*1-8H. The predicted molar refractivity (Wildman–Crippen MR) is 147 cm³/mol. The fourth-order valence-corrected chi connectivity index (χ4v) is 3.19. The highest BCUT2D eigenvalue weighted by atomic mass is 35.5. The first-order valence-corrected chi connectivity index (χ1v) is 12.5. The number of carbonyl (C=O) groups excluding carboxylic acids is 4. The average molecular weight is 622 g/mol. The highest BCUT2D eigenvalue weighted by Crippen LogP contribution is 2.14. The Bertz CT molecular complexity index is 1240. The van der Waals surface area contributed by atoms with Gasteiger partial charge in [-0.2, -0.15) is 0 Å². The second kappa shape index (κ2) is 14.9. The van der Waals surface area contributed by atoms with E-state index in [4.69, 9.17) is 46.4 Å². The molecule has 0 aliphatic heterocycles. The number of hydrogen-bond acceptors (Lipinski definition) is 8. The van der Waals surface area contributed by atoms with Gasteiger partial charge in [-0.15, -0.1) is 0 Å². The zero-order valence-electron chi connectivity index (χ0n) is 20.0. The molecular weight excluding hydrogens is 606 g/mol. The van der Waals surface area contributed by atoms with Crippen LogP contribution >= 0.6 is 46.4 Å². The quantitative estimate of drug-likeness (QED) is 0.168. The van der Waals surface area contributed by atoms with Crippen LogP contribution in [0.5, 0.6) is 0 Å². The van der Waals surface area contributed by atoms with E-state index in [9.17, 15) is 19.2 Å². The maximum absolute atomic E-state index is 11.6. The molecule has 0 saturated carbocycles. The molecule has 0 fully saturated rings. The van der Waals surface area contributed by atoms with E-state index in [1.54, 1.807) is 0 Å². The van der Waals surface area contributed by atoms with E-state index in [1.165, 1.54) is 97.1 Å². The predicted octanol–water partition coefficient (Wildman–Crippen LogP) is 7.84. The van der Waals surface area contributed by atoms with Crippen LogP contribution in [0.2, 0.25) is 20.1 Å². The van der Waals surface area contributed by atoms with Crippen LogP contribution in [0.25, 0.3) is 0 Å². The highest BCUT2D eigenvalue weighted by Gasteiger charge is 2.15. The van der Waals surface area contributed by atoms with Crippen LogP contribution < -0.4 is 0 Å². The molecule has 12 heteroatoms. The minimum atomic E-state index is -0.788. The second-order valence-corrected chi connectivity index (χ2v) is 9.26. The molecule has 0 spiro atoms. The lowest BCUT2D eigenvalue weighted by molar-refractivity contribution is -0.187. The first-order valence-electron chi connectivity index (χ1n) is 11.0. The average Bonchev–Trinajstić information content (AvgIpc) is 2.96. The van der Waals surface area contributed by atoms with Crippen LogP contribution in [0.1, 0.15) is 41.4 Å². The number of benzene rings is 4. The Balaban J connectivity index is 0.000000220. The van der Waals surface area contributed by atoms with Crippen LogP contribution in [0.3, 0.4) is 0 Å². The maximum atomic E-state index is 11.6. The molecule has 0 aromatic heterocycles. The topological polar surface area (TPSA) is 105 Å². The maximum Gasteiger partial charge on any atom is 0.386 e. The molecule has 8 nitrogen and oxygen atoms in total. The summed E-state index contributed by atoms with van der Waals surface area (Å²) in [5.41, 5.74) is 0.883. The summed E-state index contributed by atoms with van der Waals surface area (Å²) in [6.45, 7) is 0. The van der Waals surface area contributed by atoms with Crippen molar-refractivity contribution in [1.29, 1.82) is 0 Å². The van der Waals surface area contributed by atoms with Crippen molar-refractivity contribution in [3.63, 3.8) is 0 Å². The van der Waals surface area contributed by atoms with Gasteiger partial charge in [0.2, 0.25) is 0 Å². The molecule has 0 radical (unpaired) electrons. The van der Waals surface area contributed by atoms with Gasteiger partial charge in [0.25, 0.3) is 0 Å². The Morgan fingerprint density at radius 3 is 0.625 bits per heavy atom. The minimum absolute atomic E-state index is 0.221. The Morgan fingerprint density at radius 1 is 0.325 bits per heavy atom. The summed E-state index contributed by atoms with van der Waals surface area (Å²) in [6, 6.07) is 23.9. The molecular formula is C28H16Cl4O8. The Labute approximate surface area is 247 Å². The molecule has 0 aliphatic rings. The van der Waals surface area contributed by atoms with Crippen molar-refractivity contribution in [1.82, 2.24) is 0 Å². The lowest BCUT2D eigenvalue weighted by atomic mass is 10.2. The zero-order valence-corrected chi connectivity index (χ0v) is 23.0. The zero-order chi connectivity index (χ0) is 29.1. The normalized spacial score (nSPS) is 9.90. The van der Waals surface area contributed by atoms with Crippen LogP contribution in [-0.4, -0.2) is 23.9 Å². The summed E-state index contributed by atoms with van der Waals surface area (Å²) < 4.78 is 0. The summed E-state index contributed by atoms with van der Waals surface area (Å²) in [5.74, 6) is -3.15. The van der Waals surface area contributed by atoms with E-state index in [-0.39, 0.29) is 22.3 Å². The van der Waals surface area contributed by atoms with Gasteiger partial charge >= 0.3 is 23.9 Å². The molecule has 0 bridgehead atoms. The van der Waals surface area contributed by atoms with Crippen molar-refractivity contribution in [2.24, 2.45) is 0 Å². The molecule has 4 aromatic rings. The van der Waals surface area contributed by atoms with Gasteiger partial charge in [-0.3, -0.25) is 0 Å². The molecule has 0 aliphatic carbocycles. The van der Waals surface area contributed by atoms with Gasteiger partial charge in [-0.25, -0.2) is 38.7 Å². The van der Waals surface area contributed by atoms with Gasteiger partial charge in [-0.05, 0) is 97.1 Å². The molecule has 0 N–H and O–H groups in total. The third-order valence-corrected chi connectivity index (χ3v) is 5.71. The molecule has 4 aromatic carbocycles. The fraction of sp³-hybridized carbons (Fsp3) is 0. The van der Waals surface area contributed by atoms with Crippen molar-refractivity contribution in [3.8, 4) is 0 Å². The molecule has 40 heavy (non-hydrogen) atoms. The molecule has 0 unspecified atom stereocenters. The summed E-state index contributed by atoms with van der Waals surface area (Å²) in [4.78, 5) is 64.1. The number of carbonyl (C=O) groups is 4. The van der Waals surface area contributed by atoms with Crippen LogP contribution in [-0.2, 0) is 19.6 Å². The van der Waals surface area contributed by atoms with Crippen LogP contribution in [0.4, 0.5) is 0 Å². The number of halogens is 4. The van der Waals surface area contributed by atoms with Gasteiger partial charge in [0.1, 0.15) is 0 Å². The lowest BCUT2D eigenvalue weighted by Crippen LogP contribution is -2.11. The Hall–Kier alpha value is -4.08. The summed E-state index contributed by atoms with van der Waals surface area (Å²) in [6.07, 6.45) is 0. The van der Waals surface area contributed by atoms with Gasteiger partial charge < -0.3 is 0 Å². The molecule has 0 atom stereocenters. The SMILES string of the molecule is O=C(OOC(=O)c1ccc(Cl)cc1)c1ccc(Cl)cc1.O=C(OOC(=O)c1ccc(Cl)cc1)c1ccc(Cl)cc1. The van der Waals surface area contributed by atoms with Gasteiger partial charge in [0, 0.05) is 20.1 Å². The van der Waals surface area contributed by atoms with Gasteiger partial charge in [0.05, 0.1) is 22.3 Å². The summed E-state index contributed by atoms with van der Waals surface area (Å²) >= 11 is 22.8. The van der Waals surface area contributed by atoms with Crippen molar-refractivity contribution in [2.45, 2.75) is 0 Å². The van der Waals surface area contributed by atoms with Crippen LogP contribution in [0.15, 0.2) is 97.1 Å². The third-order valence-electron chi connectivity index (χ3n) is 4.71. The van der Waals surface area contributed by atoms with E-state index in [1.807, 2.05) is 0 Å². The number of hydrogen-bond donors (Lipinski definition) is 0. The molecule has 4 rings (SSSR count). The van der Waals surface area contributed by atoms with E-state index >= 15 is 0 Å². The first-order chi connectivity index (χ1) is 19.1. The summed E-state index contributed by atoms with van der Waals surface area (Å²) in [7, 11) is 0. The largest absolute Gasteiger partial charge is 0.386 e. The first kappa shape index (κ1) is 30.5. The van der Waals surface area contributed by atoms with E-state index < -0.39 is 23.9 Å². The van der Waals surface area contributed by atoms with E-state index in [0.717, 1.165) is 0 Å². The molecule has 0 heterocycles. The Kier molecular flexibility index (Phi) is 11.4. The fourth-order valence-electron chi connectivity index (χ4n) is 2.69. The highest BCUT2D eigenvalue weighted by molar-refractivity contribution is 6.31. The van der Waals surface area contributed by atoms with Gasteiger partial charge in [-0.1, -0.05) is 46.4 Å². The Morgan fingerprint density at radius 2 is 0.475 bits per heavy atom. The third kappa shape index (κ3) is 9.59. The molecule has 204 valence electrons. The summed E-state index contributed by atoms with van der Waals surface area (Å²) in [5, 5.41) is 1.94. The minimum Gasteiger partial charge on any atom is -0.242 e. The van der Waals surface area contributed by atoms with Crippen molar-refractivity contribution in [2.75, 3.05) is 0 Å². The smallest absolute Gasteiger partial charge is 0.242 e. The van der Waals surface area contributed by atoms with E-state index in [2.05, 4.69) is 19.6 Å². The molecule has 0 saturated heterocycles. The molecule has 0 amide bonds. The van der Waals surface area contributed by atoms with Crippen molar-refractivity contribution < 1.29 is 38.7 Å².